The topological polar surface area (TPSA) is 12.4 Å². The summed E-state index contributed by atoms with van der Waals surface area (Å²) in [4.78, 5) is 4.28. The van der Waals surface area contributed by atoms with Gasteiger partial charge in [0.2, 0.25) is 0 Å². The molecule has 0 aromatic rings. The van der Waals surface area contributed by atoms with Crippen LogP contribution in [-0.4, -0.2) is 11.3 Å². The van der Waals surface area contributed by atoms with Crippen molar-refractivity contribution < 1.29 is 0 Å². The van der Waals surface area contributed by atoms with Crippen molar-refractivity contribution in [1.29, 1.82) is 0 Å². The van der Waals surface area contributed by atoms with Gasteiger partial charge in [-0.2, -0.15) is 10.9 Å². The van der Waals surface area contributed by atoms with Crippen molar-refractivity contribution in [2.45, 2.75) is 39.5 Å². The molecule has 12 heavy (non-hydrogen) atoms. The van der Waals surface area contributed by atoms with Crippen LogP contribution in [0, 0.1) is 0 Å². The van der Waals surface area contributed by atoms with E-state index in [1.165, 1.54) is 37.1 Å². The predicted molar refractivity (Wildman–Crippen MR) is 60.2 cm³/mol. The minimum Gasteiger partial charge on any atom is -0.256 e. The van der Waals surface area contributed by atoms with Crippen LogP contribution in [0.5, 0.6) is 0 Å². The maximum atomic E-state index is 4.28. The van der Waals surface area contributed by atoms with Gasteiger partial charge in [0.1, 0.15) is 0 Å². The fourth-order valence-corrected chi connectivity index (χ4v) is 3.09. The van der Waals surface area contributed by atoms with Gasteiger partial charge in [-0.1, -0.05) is 26.2 Å². The Kier molecular flexibility index (Phi) is 4.44. The Bertz CT molecular complexity index is 184. The van der Waals surface area contributed by atoms with Crippen LogP contribution in [0.2, 0.25) is 0 Å². The van der Waals surface area contributed by atoms with E-state index in [9.17, 15) is 0 Å². The maximum Gasteiger partial charge on any atom is 0.0439 e. The minimum atomic E-state index is 0.0452. The zero-order chi connectivity index (χ0) is 8.81. The van der Waals surface area contributed by atoms with E-state index < -0.39 is 0 Å². The fraction of sp³-hybridized carbons (Fsp3) is 0.700. The zero-order valence-corrected chi connectivity index (χ0v) is 8.98. The van der Waals surface area contributed by atoms with Crippen molar-refractivity contribution in [2.75, 3.05) is 5.75 Å². The highest BCUT2D eigenvalue weighted by Crippen LogP contribution is 2.32. The number of thiol groups is 1. The van der Waals surface area contributed by atoms with Gasteiger partial charge in [-0.25, -0.2) is 0 Å². The first-order valence-corrected chi connectivity index (χ1v) is 6.48. The summed E-state index contributed by atoms with van der Waals surface area (Å²) in [5.74, 6) is 1.36. The van der Waals surface area contributed by atoms with Gasteiger partial charge in [0.15, 0.2) is 0 Å². The minimum absolute atomic E-state index is 0.0452. The van der Waals surface area contributed by atoms with Crippen molar-refractivity contribution in [1.82, 2.24) is 0 Å². The average molecular weight is 185 g/mol. The second-order valence-corrected chi connectivity index (χ2v) is 5.28. The fourth-order valence-electron chi connectivity index (χ4n) is 1.32. The van der Waals surface area contributed by atoms with E-state index >= 15 is 0 Å². The van der Waals surface area contributed by atoms with Crippen LogP contribution in [0.15, 0.2) is 16.1 Å². The maximum absolute atomic E-state index is 4.28. The Hall–Kier alpha value is -0.240. The third-order valence-electron chi connectivity index (χ3n) is 2.03. The molecule has 0 saturated carbocycles. The lowest BCUT2D eigenvalue weighted by atomic mass is 10.2. The molecule has 0 spiro atoms. The second-order valence-electron chi connectivity index (χ2n) is 3.31. The van der Waals surface area contributed by atoms with Gasteiger partial charge in [0, 0.05) is 11.2 Å². The molecule has 1 unspecified atom stereocenters. The van der Waals surface area contributed by atoms with Crippen LogP contribution >= 0.6 is 10.9 Å². The number of hydrogen-bond acceptors (Lipinski definition) is 1. The van der Waals surface area contributed by atoms with E-state index in [0.29, 0.717) is 0 Å². The summed E-state index contributed by atoms with van der Waals surface area (Å²) >= 11 is 0. The molecule has 1 nitrogen and oxygen atoms in total. The Morgan fingerprint density at radius 1 is 1.33 bits per heavy atom. The lowest BCUT2D eigenvalue weighted by Crippen LogP contribution is -1.85. The molecule has 0 aromatic carbocycles. The first kappa shape index (κ1) is 9.85. The summed E-state index contributed by atoms with van der Waals surface area (Å²) < 4.78 is 0. The van der Waals surface area contributed by atoms with Crippen LogP contribution in [0.1, 0.15) is 39.5 Å². The average Bonchev–Trinajstić information content (AvgIpc) is 2.45. The van der Waals surface area contributed by atoms with E-state index in [2.05, 4.69) is 29.8 Å². The molecule has 1 rings (SSSR count). The highest BCUT2D eigenvalue weighted by atomic mass is 32.2. The highest BCUT2D eigenvalue weighted by molar-refractivity contribution is 8.31. The molecule has 1 aliphatic rings. The van der Waals surface area contributed by atoms with E-state index in [-0.39, 0.29) is 10.9 Å². The highest BCUT2D eigenvalue weighted by Gasteiger charge is 2.02. The smallest absolute Gasteiger partial charge is 0.0439 e. The summed E-state index contributed by atoms with van der Waals surface area (Å²) in [6.07, 6.45) is 5.51. The zero-order valence-electron chi connectivity index (χ0n) is 8.08. The van der Waals surface area contributed by atoms with Crippen LogP contribution in [0.4, 0.5) is 0 Å². The van der Waals surface area contributed by atoms with E-state index in [1.54, 1.807) is 0 Å². The number of unbranched alkanes of at least 4 members (excludes halogenated alkanes) is 3. The van der Waals surface area contributed by atoms with Crippen LogP contribution < -0.4 is 0 Å². The van der Waals surface area contributed by atoms with Gasteiger partial charge >= 0.3 is 0 Å². The van der Waals surface area contributed by atoms with E-state index in [0.717, 1.165) is 0 Å². The normalized spacial score (nSPS) is 24.5. The molecule has 0 radical (unpaired) electrons. The van der Waals surface area contributed by atoms with Crippen molar-refractivity contribution in [3.63, 3.8) is 0 Å². The third kappa shape index (κ3) is 3.44. The summed E-state index contributed by atoms with van der Waals surface area (Å²) in [7, 11) is 0.0452. The molecule has 0 aliphatic carbocycles. The van der Waals surface area contributed by atoms with Crippen LogP contribution in [0.25, 0.3) is 0 Å². The van der Waals surface area contributed by atoms with Gasteiger partial charge < -0.3 is 0 Å². The van der Waals surface area contributed by atoms with Crippen molar-refractivity contribution in [3.8, 4) is 0 Å². The molecule has 70 valence electrons. The molecule has 1 heterocycles. The molecule has 1 atom stereocenters. The van der Waals surface area contributed by atoms with E-state index in [1.807, 2.05) is 0 Å². The first-order valence-electron chi connectivity index (χ1n) is 4.81. The third-order valence-corrected chi connectivity index (χ3v) is 3.98. The summed E-state index contributed by atoms with van der Waals surface area (Å²) in [6, 6.07) is 0. The van der Waals surface area contributed by atoms with Crippen LogP contribution in [0.3, 0.4) is 0 Å². The molecular weight excluding hydrogens is 166 g/mol. The molecule has 0 bridgehead atoms. The standard InChI is InChI=1S/C10H19NS/c1-3-4-5-6-7-12-8-10(2)11-9-12/h8-9,12H,3-7H2,1-2H3. The SMILES string of the molecule is CCCCCC[SH]1C=NC(C)=C1. The molecule has 1 aliphatic heterocycles. The molecule has 0 amide bonds. The monoisotopic (exact) mass is 185 g/mol. The summed E-state index contributed by atoms with van der Waals surface area (Å²) in [6.45, 7) is 4.34. The van der Waals surface area contributed by atoms with Gasteiger partial charge in [-0.3, -0.25) is 4.99 Å². The molecule has 0 aromatic heterocycles. The summed E-state index contributed by atoms with van der Waals surface area (Å²) in [5.41, 5.74) is 3.37. The molecule has 0 fully saturated rings. The first-order chi connectivity index (χ1) is 5.83. The summed E-state index contributed by atoms with van der Waals surface area (Å²) in [5, 5.41) is 2.33. The Labute approximate surface area is 78.3 Å². The number of rotatable bonds is 5. The number of nitrogens with zero attached hydrogens (tertiary/aromatic N) is 1. The van der Waals surface area contributed by atoms with Gasteiger partial charge in [0.25, 0.3) is 0 Å². The molecular formula is C10H19NS. The largest absolute Gasteiger partial charge is 0.256 e. The van der Waals surface area contributed by atoms with Gasteiger partial charge in [-0.15, -0.1) is 0 Å². The lowest BCUT2D eigenvalue weighted by molar-refractivity contribution is 0.706. The van der Waals surface area contributed by atoms with E-state index in [4.69, 9.17) is 0 Å². The number of allylic oxidation sites excluding steroid dienone is 1. The Morgan fingerprint density at radius 3 is 2.75 bits per heavy atom. The quantitative estimate of drug-likeness (QED) is 0.497. The van der Waals surface area contributed by atoms with Gasteiger partial charge in [-0.05, 0) is 24.5 Å². The molecule has 2 heteroatoms. The van der Waals surface area contributed by atoms with Crippen molar-refractivity contribution in [3.05, 3.63) is 11.1 Å². The molecule has 0 N–H and O–H groups in total. The lowest BCUT2D eigenvalue weighted by Gasteiger charge is -2.06. The van der Waals surface area contributed by atoms with Crippen LogP contribution in [-0.2, 0) is 0 Å². The predicted octanol–water partition coefficient (Wildman–Crippen LogP) is 3.47. The molecule has 0 saturated heterocycles. The van der Waals surface area contributed by atoms with Crippen molar-refractivity contribution in [2.24, 2.45) is 4.99 Å². The number of hydrogen-bond donors (Lipinski definition) is 1. The second kappa shape index (κ2) is 5.41. The number of aliphatic imine (C=N–C) groups is 1. The van der Waals surface area contributed by atoms with Crippen molar-refractivity contribution >= 4 is 16.4 Å². The Balaban J connectivity index is 2.05. The Morgan fingerprint density at radius 2 is 2.17 bits per heavy atom. The van der Waals surface area contributed by atoms with Gasteiger partial charge in [0.05, 0.1) is 0 Å².